The summed E-state index contributed by atoms with van der Waals surface area (Å²) in [6, 6.07) is 10.7. The average Bonchev–Trinajstić information content (AvgIpc) is 2.85. The lowest BCUT2D eigenvalue weighted by Crippen LogP contribution is -2.48. The minimum absolute atomic E-state index is 0.0621. The summed E-state index contributed by atoms with van der Waals surface area (Å²) in [5.41, 5.74) is 1.38. The summed E-state index contributed by atoms with van der Waals surface area (Å²) in [7, 11) is 6.23. The van der Waals surface area contributed by atoms with Gasteiger partial charge in [-0.15, -0.1) is 0 Å². The van der Waals surface area contributed by atoms with E-state index >= 15 is 0 Å². The number of benzene rings is 2. The second kappa shape index (κ2) is 8.41. The van der Waals surface area contributed by atoms with Gasteiger partial charge in [-0.2, -0.15) is 0 Å². The minimum atomic E-state index is -0.350. The van der Waals surface area contributed by atoms with Crippen LogP contribution in [0.2, 0.25) is 0 Å². The summed E-state index contributed by atoms with van der Waals surface area (Å²) in [6.45, 7) is 2.38. The fourth-order valence-electron chi connectivity index (χ4n) is 4.10. The number of carbonyl (C=O) groups excluding carboxylic acids is 1. The Balaban J connectivity index is 1.53. The van der Waals surface area contributed by atoms with Gasteiger partial charge >= 0.3 is 5.69 Å². The van der Waals surface area contributed by atoms with Crippen molar-refractivity contribution in [2.75, 3.05) is 45.3 Å². The van der Waals surface area contributed by atoms with E-state index in [4.69, 9.17) is 9.47 Å². The molecule has 9 nitrogen and oxygen atoms in total. The number of fused-ring (bicyclic) bond motifs is 1. The Morgan fingerprint density at radius 2 is 1.53 bits per heavy atom. The van der Waals surface area contributed by atoms with Gasteiger partial charge in [-0.3, -0.25) is 18.7 Å². The molecular weight excluding hydrogens is 412 g/mol. The number of hydrogen-bond acceptors (Lipinski definition) is 6. The molecule has 0 spiro atoms. The summed E-state index contributed by atoms with van der Waals surface area (Å²) in [5.74, 6) is 1.03. The van der Waals surface area contributed by atoms with Crippen molar-refractivity contribution in [1.29, 1.82) is 0 Å². The van der Waals surface area contributed by atoms with Gasteiger partial charge in [0.05, 0.1) is 25.1 Å². The zero-order valence-electron chi connectivity index (χ0n) is 18.6. The van der Waals surface area contributed by atoms with E-state index < -0.39 is 0 Å². The molecule has 32 heavy (non-hydrogen) atoms. The third-order valence-electron chi connectivity index (χ3n) is 6.01. The van der Waals surface area contributed by atoms with Crippen molar-refractivity contribution in [3.63, 3.8) is 0 Å². The molecule has 0 atom stereocenters. The molecule has 0 unspecified atom stereocenters. The van der Waals surface area contributed by atoms with E-state index in [-0.39, 0.29) is 17.2 Å². The lowest BCUT2D eigenvalue weighted by Gasteiger charge is -2.36. The molecule has 0 N–H and O–H groups in total. The van der Waals surface area contributed by atoms with Crippen molar-refractivity contribution in [2.45, 2.75) is 0 Å². The first kappa shape index (κ1) is 21.5. The van der Waals surface area contributed by atoms with Crippen molar-refractivity contribution < 1.29 is 14.3 Å². The van der Waals surface area contributed by atoms with Crippen LogP contribution >= 0.6 is 0 Å². The van der Waals surface area contributed by atoms with Gasteiger partial charge in [0.25, 0.3) is 11.5 Å². The molecule has 0 aliphatic carbocycles. The molecular formula is C23H26N4O5. The molecule has 1 fully saturated rings. The molecule has 0 radical (unpaired) electrons. The first-order valence-corrected chi connectivity index (χ1v) is 10.3. The van der Waals surface area contributed by atoms with E-state index in [2.05, 4.69) is 4.90 Å². The lowest BCUT2D eigenvalue weighted by atomic mass is 10.1. The average molecular weight is 438 g/mol. The van der Waals surface area contributed by atoms with Crippen LogP contribution in [0.15, 0.2) is 46.0 Å². The van der Waals surface area contributed by atoms with Gasteiger partial charge in [-0.05, 0) is 36.4 Å². The van der Waals surface area contributed by atoms with Gasteiger partial charge < -0.3 is 19.3 Å². The SMILES string of the molecule is COc1ccc(C(=O)N2CCN(c3ccc4c(c3)c(=O)n(C)c(=O)n4C)CC2)cc1OC. The number of carbonyl (C=O) groups is 1. The Kier molecular flexibility index (Phi) is 5.65. The number of amides is 1. The maximum Gasteiger partial charge on any atom is 0.330 e. The Bertz CT molecular complexity index is 1300. The topological polar surface area (TPSA) is 86.0 Å². The van der Waals surface area contributed by atoms with Crippen LogP contribution in [0.4, 0.5) is 5.69 Å². The number of hydrogen-bond donors (Lipinski definition) is 0. The third-order valence-corrected chi connectivity index (χ3v) is 6.01. The second-order valence-electron chi connectivity index (χ2n) is 7.76. The maximum absolute atomic E-state index is 13.0. The van der Waals surface area contributed by atoms with Crippen molar-refractivity contribution in [3.8, 4) is 11.5 Å². The predicted molar refractivity (Wildman–Crippen MR) is 122 cm³/mol. The monoisotopic (exact) mass is 438 g/mol. The molecule has 2 heterocycles. The van der Waals surface area contributed by atoms with Gasteiger partial charge in [-0.25, -0.2) is 4.79 Å². The van der Waals surface area contributed by atoms with Crippen LogP contribution in [0.5, 0.6) is 11.5 Å². The van der Waals surface area contributed by atoms with Crippen LogP contribution in [-0.2, 0) is 14.1 Å². The van der Waals surface area contributed by atoms with Gasteiger partial charge in [0.1, 0.15) is 0 Å². The number of methoxy groups -OCH3 is 2. The molecule has 1 aliphatic heterocycles. The molecule has 168 valence electrons. The highest BCUT2D eigenvalue weighted by Gasteiger charge is 2.24. The summed E-state index contributed by atoms with van der Waals surface area (Å²) in [5, 5.41) is 0.496. The molecule has 2 aromatic carbocycles. The van der Waals surface area contributed by atoms with Crippen molar-refractivity contribution in [2.24, 2.45) is 14.1 Å². The molecule has 1 aromatic heterocycles. The van der Waals surface area contributed by atoms with E-state index in [1.807, 2.05) is 17.0 Å². The first-order valence-electron chi connectivity index (χ1n) is 10.3. The highest BCUT2D eigenvalue weighted by molar-refractivity contribution is 5.95. The number of rotatable bonds is 4. The van der Waals surface area contributed by atoms with E-state index in [0.717, 1.165) is 10.3 Å². The third kappa shape index (κ3) is 3.59. The zero-order chi connectivity index (χ0) is 23.0. The number of aromatic nitrogens is 2. The molecule has 0 saturated carbocycles. The Labute approximate surface area is 185 Å². The zero-order valence-corrected chi connectivity index (χ0v) is 18.6. The van der Waals surface area contributed by atoms with Crippen LogP contribution in [0.25, 0.3) is 10.9 Å². The van der Waals surface area contributed by atoms with E-state index in [9.17, 15) is 14.4 Å². The molecule has 1 amide bonds. The first-order chi connectivity index (χ1) is 15.3. The normalized spacial score (nSPS) is 14.0. The second-order valence-corrected chi connectivity index (χ2v) is 7.76. The number of nitrogens with zero attached hydrogens (tertiary/aromatic N) is 4. The van der Waals surface area contributed by atoms with E-state index in [1.165, 1.54) is 11.6 Å². The minimum Gasteiger partial charge on any atom is -0.493 e. The van der Waals surface area contributed by atoms with Crippen molar-refractivity contribution in [1.82, 2.24) is 14.0 Å². The Morgan fingerprint density at radius 3 is 2.19 bits per heavy atom. The quantitative estimate of drug-likeness (QED) is 0.609. The highest BCUT2D eigenvalue weighted by atomic mass is 16.5. The van der Waals surface area contributed by atoms with Crippen LogP contribution < -0.4 is 25.6 Å². The Morgan fingerprint density at radius 1 is 0.844 bits per heavy atom. The van der Waals surface area contributed by atoms with Crippen LogP contribution in [-0.4, -0.2) is 60.3 Å². The van der Waals surface area contributed by atoms with Crippen LogP contribution in [0.3, 0.4) is 0 Å². The van der Waals surface area contributed by atoms with E-state index in [1.54, 1.807) is 45.5 Å². The summed E-state index contributed by atoms with van der Waals surface area (Å²) in [4.78, 5) is 41.7. The predicted octanol–water partition coefficient (Wildman–Crippen LogP) is 1.22. The number of aryl methyl sites for hydroxylation is 1. The molecule has 1 aliphatic rings. The summed E-state index contributed by atoms with van der Waals surface area (Å²) < 4.78 is 13.1. The largest absolute Gasteiger partial charge is 0.493 e. The van der Waals surface area contributed by atoms with Crippen molar-refractivity contribution >= 4 is 22.5 Å². The molecule has 3 aromatic rings. The lowest BCUT2D eigenvalue weighted by molar-refractivity contribution is 0.0746. The molecule has 4 rings (SSSR count). The maximum atomic E-state index is 13.0. The molecule has 0 bridgehead atoms. The number of anilines is 1. The fourth-order valence-corrected chi connectivity index (χ4v) is 4.10. The summed E-state index contributed by atoms with van der Waals surface area (Å²) in [6.07, 6.45) is 0. The summed E-state index contributed by atoms with van der Waals surface area (Å²) >= 11 is 0. The molecule has 9 heteroatoms. The van der Waals surface area contributed by atoms with Gasteiger partial charge in [0.15, 0.2) is 11.5 Å². The van der Waals surface area contributed by atoms with E-state index in [0.29, 0.717) is 54.1 Å². The van der Waals surface area contributed by atoms with Crippen molar-refractivity contribution in [3.05, 3.63) is 62.8 Å². The van der Waals surface area contributed by atoms with Gasteiger partial charge in [-0.1, -0.05) is 0 Å². The fraction of sp³-hybridized carbons (Fsp3) is 0.348. The molecule has 1 saturated heterocycles. The number of ether oxygens (including phenoxy) is 2. The van der Waals surface area contributed by atoms with Gasteiger partial charge in [0.2, 0.25) is 0 Å². The standard InChI is InChI=1S/C23H26N4O5/c1-24-18-7-6-16(14-17(18)22(29)25(2)23(24)30)26-9-11-27(12-10-26)21(28)15-5-8-19(31-3)20(13-15)32-4/h5-8,13-14H,9-12H2,1-4H3. The number of piperazine rings is 1. The van der Waals surface area contributed by atoms with Crippen LogP contribution in [0, 0.1) is 0 Å². The smallest absolute Gasteiger partial charge is 0.330 e. The Hall–Kier alpha value is -3.75. The van der Waals surface area contributed by atoms with Crippen LogP contribution in [0.1, 0.15) is 10.4 Å². The van der Waals surface area contributed by atoms with Gasteiger partial charge in [0, 0.05) is 51.5 Å². The highest BCUT2D eigenvalue weighted by Crippen LogP contribution is 2.28.